The second kappa shape index (κ2) is 17.6. The zero-order valence-electron chi connectivity index (χ0n) is 17.7. The molecule has 1 aliphatic heterocycles. The number of hydrogen-bond donors (Lipinski definition) is 0. The molecule has 0 radical (unpaired) electrons. The quantitative estimate of drug-likeness (QED) is 0.582. The normalized spacial score (nSPS) is 9.88. The fourth-order valence-electron chi connectivity index (χ4n) is 2.10. The molecule has 1 heterocycles. The van der Waals surface area contributed by atoms with Crippen molar-refractivity contribution < 1.29 is 9.39 Å². The van der Waals surface area contributed by atoms with Gasteiger partial charge < -0.3 is 9.39 Å². The summed E-state index contributed by atoms with van der Waals surface area (Å²) in [5.74, 6) is 1.73. The van der Waals surface area contributed by atoms with Gasteiger partial charge in [-0.2, -0.15) is 5.26 Å². The minimum atomic E-state index is 0.204. The number of ether oxygens (including phenoxy) is 1. The summed E-state index contributed by atoms with van der Waals surface area (Å²) in [6.45, 7) is 16.4. The predicted molar refractivity (Wildman–Crippen MR) is 114 cm³/mol. The van der Waals surface area contributed by atoms with Crippen LogP contribution in [-0.2, 0) is 11.3 Å². The Balaban J connectivity index is 0. The zero-order chi connectivity index (χ0) is 20.4. The fraction of sp³-hybridized carbons (Fsp3) is 0.409. The number of fused-ring (bicyclic) bond motifs is 1. The second-order valence-electron chi connectivity index (χ2n) is 4.45. The molecule has 1 aliphatic rings. The first-order valence-electron chi connectivity index (χ1n) is 9.52. The number of rotatable bonds is 2. The lowest BCUT2D eigenvalue weighted by Crippen LogP contribution is -2.23. The summed E-state index contributed by atoms with van der Waals surface area (Å²) in [5, 5.41) is 7.32. The minimum absolute atomic E-state index is 0.204. The summed E-state index contributed by atoms with van der Waals surface area (Å²) in [5.41, 5.74) is 2.50. The van der Waals surface area contributed by atoms with E-state index >= 15 is 0 Å². The van der Waals surface area contributed by atoms with Gasteiger partial charge in [0.05, 0.1) is 12.7 Å². The summed E-state index contributed by atoms with van der Waals surface area (Å²) in [4.78, 5) is 0. The fourth-order valence-corrected chi connectivity index (χ4v) is 2.10. The highest BCUT2D eigenvalue weighted by molar-refractivity contribution is 6.67. The zero-order valence-corrected chi connectivity index (χ0v) is 17.7. The van der Waals surface area contributed by atoms with Crippen LogP contribution in [0.2, 0.25) is 6.82 Å². The number of hydrogen-bond acceptors (Lipinski definition) is 3. The van der Waals surface area contributed by atoms with Gasteiger partial charge in [-0.1, -0.05) is 72.6 Å². The van der Waals surface area contributed by atoms with Crippen molar-refractivity contribution in [1.29, 1.82) is 5.26 Å². The van der Waals surface area contributed by atoms with Crippen LogP contribution in [0.15, 0.2) is 48.5 Å². The van der Waals surface area contributed by atoms with E-state index in [1.54, 1.807) is 6.07 Å². The average Bonchev–Trinajstić information content (AvgIpc) is 3.08. The summed E-state index contributed by atoms with van der Waals surface area (Å²) >= 11 is 0. The summed E-state index contributed by atoms with van der Waals surface area (Å²) in [6, 6.07) is 17.7. The van der Waals surface area contributed by atoms with Crippen LogP contribution in [-0.4, -0.2) is 6.92 Å². The van der Waals surface area contributed by atoms with Crippen molar-refractivity contribution in [2.75, 3.05) is 0 Å². The van der Waals surface area contributed by atoms with E-state index in [0.717, 1.165) is 11.5 Å². The lowest BCUT2D eigenvalue weighted by Gasteiger charge is -2.07. The minimum Gasteiger partial charge on any atom is -0.457 e. The molecule has 0 spiro atoms. The molecular weight excluding hydrogens is 321 g/mol. The van der Waals surface area contributed by atoms with E-state index in [9.17, 15) is 0 Å². The van der Waals surface area contributed by atoms with Gasteiger partial charge in [0.25, 0.3) is 0 Å². The summed E-state index contributed by atoms with van der Waals surface area (Å²) in [6.07, 6.45) is 0. The second-order valence-corrected chi connectivity index (χ2v) is 4.45. The van der Waals surface area contributed by atoms with E-state index < -0.39 is 0 Å². The molecule has 0 aromatic heterocycles. The molecule has 0 saturated carbocycles. The van der Waals surface area contributed by atoms with E-state index in [2.05, 4.69) is 19.0 Å². The van der Waals surface area contributed by atoms with Gasteiger partial charge in [-0.15, -0.1) is 0 Å². The average molecular weight is 355 g/mol. The highest BCUT2D eigenvalue weighted by Crippen LogP contribution is 2.23. The van der Waals surface area contributed by atoms with Gasteiger partial charge in [0.15, 0.2) is 0 Å². The van der Waals surface area contributed by atoms with Gasteiger partial charge in [0.1, 0.15) is 11.5 Å². The summed E-state index contributed by atoms with van der Waals surface area (Å²) < 4.78 is 11.4. The molecule has 2 aromatic rings. The first-order valence-corrected chi connectivity index (χ1v) is 9.52. The Morgan fingerprint density at radius 1 is 0.923 bits per heavy atom. The van der Waals surface area contributed by atoms with Crippen LogP contribution in [0.25, 0.3) is 0 Å². The van der Waals surface area contributed by atoms with E-state index in [-0.39, 0.29) is 6.92 Å². The van der Waals surface area contributed by atoms with Gasteiger partial charge in [0, 0.05) is 6.92 Å². The molecule has 0 bridgehead atoms. The van der Waals surface area contributed by atoms with E-state index in [1.165, 1.54) is 17.9 Å². The number of para-hydroxylation sites is 1. The van der Waals surface area contributed by atoms with Crippen molar-refractivity contribution in [1.82, 2.24) is 0 Å². The Morgan fingerprint density at radius 2 is 1.46 bits per heavy atom. The maximum atomic E-state index is 7.32. The van der Waals surface area contributed by atoms with Gasteiger partial charge in [-0.05, 0) is 35.3 Å². The molecule has 0 aliphatic carbocycles. The Bertz CT molecular complexity index is 609. The van der Waals surface area contributed by atoms with Crippen LogP contribution in [0.3, 0.4) is 0 Å². The molecule has 142 valence electrons. The Morgan fingerprint density at radius 3 is 2.00 bits per heavy atom. The van der Waals surface area contributed by atoms with Crippen molar-refractivity contribution in [2.24, 2.45) is 0 Å². The van der Waals surface area contributed by atoms with Crippen molar-refractivity contribution in [3.63, 3.8) is 0 Å². The van der Waals surface area contributed by atoms with Gasteiger partial charge >= 0.3 is 6.92 Å². The number of benzene rings is 2. The van der Waals surface area contributed by atoms with Crippen LogP contribution in [0.1, 0.15) is 54.0 Å². The molecule has 0 unspecified atom stereocenters. The maximum Gasteiger partial charge on any atom is 0.324 e. The Kier molecular flexibility index (Phi) is 17.6. The lowest BCUT2D eigenvalue weighted by molar-refractivity contribution is 0.333. The molecule has 4 heteroatoms. The van der Waals surface area contributed by atoms with Crippen LogP contribution in [0.4, 0.5) is 0 Å². The Labute approximate surface area is 161 Å². The SMILES string of the molecule is CB1OCc2cc(Oc3ccccc3)ccc21.CC.CC.CC.CC#N. The molecule has 0 N–H and O–H groups in total. The van der Waals surface area contributed by atoms with E-state index in [0.29, 0.717) is 6.61 Å². The third kappa shape index (κ3) is 9.29. The highest BCUT2D eigenvalue weighted by atomic mass is 16.5. The third-order valence-corrected chi connectivity index (χ3v) is 3.02. The molecular formula is C22H34BNO2. The lowest BCUT2D eigenvalue weighted by atomic mass is 9.64. The van der Waals surface area contributed by atoms with Gasteiger partial charge in [0.2, 0.25) is 0 Å². The van der Waals surface area contributed by atoms with Crippen LogP contribution < -0.4 is 10.2 Å². The van der Waals surface area contributed by atoms with Crippen LogP contribution in [0, 0.1) is 11.3 Å². The third-order valence-electron chi connectivity index (χ3n) is 3.02. The number of nitriles is 1. The topological polar surface area (TPSA) is 42.2 Å². The van der Waals surface area contributed by atoms with E-state index in [4.69, 9.17) is 14.7 Å². The predicted octanol–water partition coefficient (Wildman–Crippen LogP) is 6.45. The highest BCUT2D eigenvalue weighted by Gasteiger charge is 2.23. The molecule has 3 rings (SSSR count). The molecule has 0 amide bonds. The Hall–Kier alpha value is -2.25. The first-order chi connectivity index (χ1) is 12.7. The van der Waals surface area contributed by atoms with Crippen molar-refractivity contribution in [3.05, 3.63) is 54.1 Å². The van der Waals surface area contributed by atoms with E-state index in [1.807, 2.05) is 77.9 Å². The van der Waals surface area contributed by atoms with Crippen LogP contribution >= 0.6 is 0 Å². The summed E-state index contributed by atoms with van der Waals surface area (Å²) in [7, 11) is 0. The smallest absolute Gasteiger partial charge is 0.324 e. The first kappa shape index (κ1) is 26.0. The van der Waals surface area contributed by atoms with Crippen LogP contribution in [0.5, 0.6) is 11.5 Å². The van der Waals surface area contributed by atoms with Gasteiger partial charge in [-0.25, -0.2) is 0 Å². The molecule has 3 nitrogen and oxygen atoms in total. The molecule has 0 fully saturated rings. The maximum absolute atomic E-state index is 7.32. The largest absolute Gasteiger partial charge is 0.457 e. The number of nitrogens with zero attached hydrogens (tertiary/aromatic N) is 1. The molecule has 2 aromatic carbocycles. The van der Waals surface area contributed by atoms with Crippen molar-refractivity contribution >= 4 is 12.4 Å². The molecule has 0 saturated heterocycles. The molecule has 0 atom stereocenters. The molecule has 26 heavy (non-hydrogen) atoms. The van der Waals surface area contributed by atoms with Crippen molar-refractivity contribution in [3.8, 4) is 17.6 Å². The van der Waals surface area contributed by atoms with Gasteiger partial charge in [-0.3, -0.25) is 0 Å². The monoisotopic (exact) mass is 355 g/mol. The van der Waals surface area contributed by atoms with Crippen molar-refractivity contribution in [2.45, 2.75) is 61.9 Å². The standard InChI is InChI=1S/C14H13BO2.C2H3N.3C2H6/c1-15-14-8-7-13(9-11(14)10-16-15)17-12-5-3-2-4-6-12;1-2-3;3*1-2/h2-9H,10H2,1H3;1H3;3*1-2H3.